The minimum Gasteiger partial charge on any atom is -0.396 e. The number of aliphatic hydroxyl groups is 1. The van der Waals surface area contributed by atoms with Crippen LogP contribution in [0.1, 0.15) is 24.8 Å². The van der Waals surface area contributed by atoms with Gasteiger partial charge in [-0.25, -0.2) is 0 Å². The molecule has 0 aromatic heterocycles. The molecule has 0 aliphatic carbocycles. The van der Waals surface area contributed by atoms with Crippen LogP contribution in [0.4, 0.5) is 5.69 Å². The molecule has 19 heavy (non-hydrogen) atoms. The van der Waals surface area contributed by atoms with Gasteiger partial charge in [-0.3, -0.25) is 5.41 Å². The smallest absolute Gasteiger partial charge is 0.124 e. The predicted molar refractivity (Wildman–Crippen MR) is 79.1 cm³/mol. The van der Waals surface area contributed by atoms with Crippen LogP contribution in [-0.2, 0) is 0 Å². The quantitative estimate of drug-likeness (QED) is 0.585. The van der Waals surface area contributed by atoms with Crippen LogP contribution in [0.3, 0.4) is 0 Å². The number of amidine groups is 1. The second kappa shape index (κ2) is 6.26. The molecule has 1 aliphatic rings. The van der Waals surface area contributed by atoms with E-state index >= 15 is 0 Å². The third-order valence-electron chi connectivity index (χ3n) is 3.65. The zero-order valence-electron chi connectivity index (χ0n) is 10.9. The highest BCUT2D eigenvalue weighted by atomic mass is 35.5. The molecule has 0 spiro atoms. The number of nitrogens with zero attached hydrogens (tertiary/aromatic N) is 1. The van der Waals surface area contributed by atoms with Gasteiger partial charge in [-0.2, -0.15) is 0 Å². The Kier molecular flexibility index (Phi) is 4.66. The van der Waals surface area contributed by atoms with E-state index in [0.29, 0.717) is 16.5 Å². The molecular formula is C14H20ClN3O. The third kappa shape index (κ3) is 3.39. The molecule has 1 unspecified atom stereocenters. The lowest BCUT2D eigenvalue weighted by Gasteiger charge is -2.35. The highest BCUT2D eigenvalue weighted by Crippen LogP contribution is 2.29. The highest BCUT2D eigenvalue weighted by Gasteiger charge is 2.22. The zero-order chi connectivity index (χ0) is 13.8. The summed E-state index contributed by atoms with van der Waals surface area (Å²) in [6.45, 7) is 2.10. The summed E-state index contributed by atoms with van der Waals surface area (Å²) in [5.41, 5.74) is 7.31. The second-order valence-corrected chi connectivity index (χ2v) is 5.48. The minimum absolute atomic E-state index is 0.0433. The summed E-state index contributed by atoms with van der Waals surface area (Å²) in [6, 6.07) is 5.51. The van der Waals surface area contributed by atoms with E-state index in [1.807, 2.05) is 12.1 Å². The summed E-state index contributed by atoms with van der Waals surface area (Å²) in [5, 5.41) is 17.3. The molecule has 0 bridgehead atoms. The van der Waals surface area contributed by atoms with Crippen molar-refractivity contribution >= 4 is 23.1 Å². The van der Waals surface area contributed by atoms with E-state index in [2.05, 4.69) is 4.90 Å². The van der Waals surface area contributed by atoms with Gasteiger partial charge in [0, 0.05) is 36.0 Å². The fourth-order valence-corrected chi connectivity index (χ4v) is 2.87. The maximum Gasteiger partial charge on any atom is 0.124 e. The number of nitrogen functional groups attached to an aromatic ring is 1. The molecule has 5 heteroatoms. The third-order valence-corrected chi connectivity index (χ3v) is 3.88. The van der Waals surface area contributed by atoms with Crippen LogP contribution in [0.2, 0.25) is 5.02 Å². The lowest BCUT2D eigenvalue weighted by Crippen LogP contribution is -2.37. The van der Waals surface area contributed by atoms with Gasteiger partial charge >= 0.3 is 0 Å². The number of rotatable bonds is 4. The van der Waals surface area contributed by atoms with Crippen molar-refractivity contribution in [1.82, 2.24) is 0 Å². The van der Waals surface area contributed by atoms with Gasteiger partial charge in [-0.15, -0.1) is 0 Å². The number of anilines is 1. The van der Waals surface area contributed by atoms with Crippen LogP contribution in [0.5, 0.6) is 0 Å². The molecule has 2 rings (SSSR count). The van der Waals surface area contributed by atoms with E-state index in [9.17, 15) is 0 Å². The number of aliphatic hydroxyl groups excluding tert-OH is 1. The molecule has 4 N–H and O–H groups in total. The molecular weight excluding hydrogens is 262 g/mol. The number of piperidine rings is 1. The lowest BCUT2D eigenvalue weighted by molar-refractivity contribution is 0.244. The van der Waals surface area contributed by atoms with E-state index in [-0.39, 0.29) is 12.4 Å². The van der Waals surface area contributed by atoms with Crippen LogP contribution >= 0.6 is 11.6 Å². The fourth-order valence-electron chi connectivity index (χ4n) is 2.70. The molecule has 1 atom stereocenters. The normalized spacial score (nSPS) is 19.5. The fraction of sp³-hybridized carbons (Fsp3) is 0.500. The highest BCUT2D eigenvalue weighted by molar-refractivity contribution is 6.31. The molecule has 0 saturated carbocycles. The lowest BCUT2D eigenvalue weighted by atomic mass is 9.94. The molecule has 1 aromatic rings. The first-order valence-corrected chi connectivity index (χ1v) is 6.99. The number of halogens is 1. The van der Waals surface area contributed by atoms with Crippen molar-refractivity contribution in [3.05, 3.63) is 28.8 Å². The van der Waals surface area contributed by atoms with Crippen molar-refractivity contribution in [2.45, 2.75) is 19.3 Å². The first kappa shape index (κ1) is 14.2. The molecule has 4 nitrogen and oxygen atoms in total. The Morgan fingerprint density at radius 2 is 2.32 bits per heavy atom. The van der Waals surface area contributed by atoms with E-state index in [1.165, 1.54) is 0 Å². The number of hydrogen-bond acceptors (Lipinski definition) is 3. The number of benzene rings is 1. The Morgan fingerprint density at radius 1 is 1.53 bits per heavy atom. The average Bonchev–Trinajstić information content (AvgIpc) is 2.39. The molecule has 0 radical (unpaired) electrons. The Bertz CT molecular complexity index is 462. The van der Waals surface area contributed by atoms with Crippen LogP contribution in [0.25, 0.3) is 0 Å². The van der Waals surface area contributed by atoms with Crippen molar-refractivity contribution in [1.29, 1.82) is 5.41 Å². The van der Waals surface area contributed by atoms with Crippen LogP contribution in [0, 0.1) is 11.3 Å². The average molecular weight is 282 g/mol. The van der Waals surface area contributed by atoms with Gasteiger partial charge in [-0.1, -0.05) is 11.6 Å². The summed E-state index contributed by atoms with van der Waals surface area (Å²) >= 11 is 5.97. The summed E-state index contributed by atoms with van der Waals surface area (Å²) in [7, 11) is 0. The Morgan fingerprint density at radius 3 is 3.00 bits per heavy atom. The van der Waals surface area contributed by atoms with Crippen molar-refractivity contribution in [3.8, 4) is 0 Å². The molecule has 1 aliphatic heterocycles. The molecule has 1 heterocycles. The molecule has 1 saturated heterocycles. The topological polar surface area (TPSA) is 73.3 Å². The summed E-state index contributed by atoms with van der Waals surface area (Å²) in [5.74, 6) is 0.552. The van der Waals surface area contributed by atoms with Gasteiger partial charge in [0.15, 0.2) is 0 Å². The van der Waals surface area contributed by atoms with Crippen molar-refractivity contribution < 1.29 is 5.11 Å². The van der Waals surface area contributed by atoms with E-state index in [0.717, 1.165) is 38.0 Å². The van der Waals surface area contributed by atoms with Gasteiger partial charge in [0.05, 0.1) is 0 Å². The Balaban J connectivity index is 2.23. The molecule has 1 fully saturated rings. The Hall–Kier alpha value is -1.26. The largest absolute Gasteiger partial charge is 0.396 e. The van der Waals surface area contributed by atoms with E-state index in [1.54, 1.807) is 6.07 Å². The van der Waals surface area contributed by atoms with Gasteiger partial charge in [0.1, 0.15) is 5.84 Å². The first-order valence-electron chi connectivity index (χ1n) is 6.61. The van der Waals surface area contributed by atoms with Crippen LogP contribution in [0.15, 0.2) is 18.2 Å². The second-order valence-electron chi connectivity index (χ2n) is 5.04. The van der Waals surface area contributed by atoms with Crippen molar-refractivity contribution in [2.24, 2.45) is 11.7 Å². The van der Waals surface area contributed by atoms with Crippen molar-refractivity contribution in [2.75, 3.05) is 24.6 Å². The first-order chi connectivity index (χ1) is 9.11. The van der Waals surface area contributed by atoms with Crippen LogP contribution < -0.4 is 10.6 Å². The maximum absolute atomic E-state index is 9.06. The Labute approximate surface area is 118 Å². The minimum atomic E-state index is 0.0433. The van der Waals surface area contributed by atoms with Gasteiger partial charge in [0.2, 0.25) is 0 Å². The summed E-state index contributed by atoms with van der Waals surface area (Å²) < 4.78 is 0. The maximum atomic E-state index is 9.06. The zero-order valence-corrected chi connectivity index (χ0v) is 11.7. The SMILES string of the molecule is N=C(N)c1cc(Cl)ccc1N1CCCC(CCO)C1. The van der Waals surface area contributed by atoms with Gasteiger partial charge in [0.25, 0.3) is 0 Å². The standard InChI is InChI=1S/C14H20ClN3O/c15-11-3-4-13(12(8-11)14(16)17)18-6-1-2-10(9-18)5-7-19/h3-4,8,10,19H,1-2,5-7,9H2,(H3,16,17). The van der Waals surface area contributed by atoms with Crippen molar-refractivity contribution in [3.63, 3.8) is 0 Å². The van der Waals surface area contributed by atoms with E-state index < -0.39 is 0 Å². The summed E-state index contributed by atoms with van der Waals surface area (Å²) in [6.07, 6.45) is 3.09. The number of nitrogens with two attached hydrogens (primary N) is 1. The summed E-state index contributed by atoms with van der Waals surface area (Å²) in [4.78, 5) is 2.25. The monoisotopic (exact) mass is 281 g/mol. The molecule has 0 amide bonds. The predicted octanol–water partition coefficient (Wildman–Crippen LogP) is 2.22. The molecule has 1 aromatic carbocycles. The molecule has 104 valence electrons. The number of nitrogens with one attached hydrogen (secondary N) is 1. The van der Waals surface area contributed by atoms with Gasteiger partial charge in [-0.05, 0) is 43.4 Å². The number of hydrogen-bond donors (Lipinski definition) is 3. The van der Waals surface area contributed by atoms with Gasteiger partial charge < -0.3 is 15.7 Å². The van der Waals surface area contributed by atoms with Crippen LogP contribution in [-0.4, -0.2) is 30.6 Å². The van der Waals surface area contributed by atoms with E-state index in [4.69, 9.17) is 27.9 Å².